The van der Waals surface area contributed by atoms with Crippen molar-refractivity contribution < 1.29 is 4.74 Å². The van der Waals surface area contributed by atoms with E-state index in [1.165, 1.54) is 0 Å². The molecule has 24 heavy (non-hydrogen) atoms. The van der Waals surface area contributed by atoms with Crippen LogP contribution in [0, 0.1) is 11.3 Å². The van der Waals surface area contributed by atoms with E-state index in [1.807, 2.05) is 48.7 Å². The first-order valence-electron chi connectivity index (χ1n) is 7.54. The molecule has 2 aromatic heterocycles. The molecule has 0 saturated heterocycles. The predicted octanol–water partition coefficient (Wildman–Crippen LogP) is 4.69. The molecule has 114 valence electrons. The zero-order valence-electron chi connectivity index (χ0n) is 12.8. The van der Waals surface area contributed by atoms with Crippen molar-refractivity contribution >= 4 is 11.0 Å². The molecular weight excluding hydrogens is 298 g/mol. The number of aromatic nitrogens is 2. The topological polar surface area (TPSA) is 50.8 Å². The maximum absolute atomic E-state index is 8.82. The Bertz CT molecular complexity index is 1030. The van der Waals surface area contributed by atoms with Gasteiger partial charge in [0.25, 0.3) is 0 Å². The van der Waals surface area contributed by atoms with Crippen LogP contribution in [-0.4, -0.2) is 9.55 Å². The Morgan fingerprint density at radius 2 is 1.58 bits per heavy atom. The molecule has 0 unspecified atom stereocenters. The third-order valence-electron chi connectivity index (χ3n) is 3.79. The molecule has 0 radical (unpaired) electrons. The van der Waals surface area contributed by atoms with E-state index in [0.717, 1.165) is 22.5 Å². The number of hydrogen-bond acceptors (Lipinski definition) is 3. The first-order valence-corrected chi connectivity index (χ1v) is 7.54. The fraction of sp³-hybridized carbons (Fsp3) is 0. The molecule has 0 atom stereocenters. The zero-order valence-corrected chi connectivity index (χ0v) is 12.8. The average molecular weight is 311 g/mol. The second kappa shape index (κ2) is 5.90. The van der Waals surface area contributed by atoms with Crippen LogP contribution in [0.3, 0.4) is 0 Å². The fourth-order valence-electron chi connectivity index (χ4n) is 2.60. The molecule has 0 amide bonds. The van der Waals surface area contributed by atoms with Crippen molar-refractivity contribution in [1.29, 1.82) is 5.26 Å². The highest BCUT2D eigenvalue weighted by Gasteiger charge is 2.04. The summed E-state index contributed by atoms with van der Waals surface area (Å²) >= 11 is 0. The maximum Gasteiger partial charge on any atom is 0.127 e. The van der Waals surface area contributed by atoms with Crippen molar-refractivity contribution in [1.82, 2.24) is 9.55 Å². The summed E-state index contributed by atoms with van der Waals surface area (Å²) in [5, 5.41) is 8.82. The first kappa shape index (κ1) is 14.0. The number of benzene rings is 2. The minimum absolute atomic E-state index is 0.616. The smallest absolute Gasteiger partial charge is 0.127 e. The van der Waals surface area contributed by atoms with Gasteiger partial charge < -0.3 is 9.30 Å². The normalized spacial score (nSPS) is 10.5. The van der Waals surface area contributed by atoms with E-state index in [1.54, 1.807) is 30.5 Å². The van der Waals surface area contributed by atoms with Crippen LogP contribution in [0.1, 0.15) is 5.56 Å². The molecule has 0 N–H and O–H groups in total. The third kappa shape index (κ3) is 2.59. The Morgan fingerprint density at radius 1 is 0.875 bits per heavy atom. The minimum Gasteiger partial charge on any atom is -0.457 e. The SMILES string of the molecule is N#Cc1ccc(Oc2ccc(-n3ccc4ncccc43)cc2)cc1. The summed E-state index contributed by atoms with van der Waals surface area (Å²) in [5.74, 6) is 1.45. The molecule has 0 aliphatic rings. The number of nitrogens with zero attached hydrogens (tertiary/aromatic N) is 3. The lowest BCUT2D eigenvalue weighted by atomic mass is 10.2. The van der Waals surface area contributed by atoms with Gasteiger partial charge in [-0.25, -0.2) is 0 Å². The Balaban J connectivity index is 1.59. The number of fused-ring (bicyclic) bond motifs is 1. The highest BCUT2D eigenvalue weighted by atomic mass is 16.5. The van der Waals surface area contributed by atoms with Gasteiger partial charge in [0.05, 0.1) is 22.7 Å². The standard InChI is InChI=1S/C20H13N3O/c21-14-15-3-7-17(8-4-15)24-18-9-5-16(6-10-18)23-13-11-19-20(23)2-1-12-22-19/h1-13H. The third-order valence-corrected chi connectivity index (χ3v) is 3.79. The van der Waals surface area contributed by atoms with Gasteiger partial charge in [-0.05, 0) is 66.7 Å². The second-order valence-corrected chi connectivity index (χ2v) is 5.33. The van der Waals surface area contributed by atoms with Crippen LogP contribution in [-0.2, 0) is 0 Å². The van der Waals surface area contributed by atoms with E-state index in [2.05, 4.69) is 15.6 Å². The van der Waals surface area contributed by atoms with Crippen LogP contribution in [0.15, 0.2) is 79.1 Å². The molecule has 2 aromatic carbocycles. The molecule has 0 fully saturated rings. The van der Waals surface area contributed by atoms with Crippen molar-refractivity contribution in [3.05, 3.63) is 84.7 Å². The van der Waals surface area contributed by atoms with Gasteiger partial charge in [-0.15, -0.1) is 0 Å². The summed E-state index contributed by atoms with van der Waals surface area (Å²) in [6, 6.07) is 23.0. The van der Waals surface area contributed by atoms with Gasteiger partial charge in [-0.3, -0.25) is 4.98 Å². The van der Waals surface area contributed by atoms with Gasteiger partial charge in [0.1, 0.15) is 11.5 Å². The number of ether oxygens (including phenoxy) is 1. The highest BCUT2D eigenvalue weighted by Crippen LogP contribution is 2.24. The van der Waals surface area contributed by atoms with E-state index < -0.39 is 0 Å². The minimum atomic E-state index is 0.616. The summed E-state index contributed by atoms with van der Waals surface area (Å²) in [5.41, 5.74) is 3.70. The van der Waals surface area contributed by atoms with E-state index in [4.69, 9.17) is 10.00 Å². The second-order valence-electron chi connectivity index (χ2n) is 5.33. The lowest BCUT2D eigenvalue weighted by Crippen LogP contribution is -1.92. The van der Waals surface area contributed by atoms with E-state index in [-0.39, 0.29) is 0 Å². The summed E-state index contributed by atoms with van der Waals surface area (Å²) in [6.07, 6.45) is 3.80. The van der Waals surface area contributed by atoms with E-state index in [0.29, 0.717) is 11.3 Å². The van der Waals surface area contributed by atoms with Crippen molar-refractivity contribution in [2.45, 2.75) is 0 Å². The van der Waals surface area contributed by atoms with Crippen molar-refractivity contribution in [2.75, 3.05) is 0 Å². The Morgan fingerprint density at radius 3 is 2.29 bits per heavy atom. The van der Waals surface area contributed by atoms with Gasteiger partial charge in [0.15, 0.2) is 0 Å². The lowest BCUT2D eigenvalue weighted by molar-refractivity contribution is 0.482. The molecule has 0 bridgehead atoms. The molecule has 2 heterocycles. The number of hydrogen-bond donors (Lipinski definition) is 0. The Kier molecular flexibility index (Phi) is 3.45. The van der Waals surface area contributed by atoms with Crippen LogP contribution < -0.4 is 4.74 Å². The molecule has 0 aliphatic heterocycles. The van der Waals surface area contributed by atoms with Crippen LogP contribution >= 0.6 is 0 Å². The van der Waals surface area contributed by atoms with Crippen LogP contribution in [0.25, 0.3) is 16.7 Å². The van der Waals surface area contributed by atoms with Gasteiger partial charge in [0.2, 0.25) is 0 Å². The van der Waals surface area contributed by atoms with Gasteiger partial charge >= 0.3 is 0 Å². The van der Waals surface area contributed by atoms with Crippen molar-refractivity contribution in [3.8, 4) is 23.3 Å². The number of pyridine rings is 1. The van der Waals surface area contributed by atoms with Gasteiger partial charge in [0, 0.05) is 18.1 Å². The first-order chi connectivity index (χ1) is 11.8. The molecule has 0 saturated carbocycles. The molecule has 4 heteroatoms. The van der Waals surface area contributed by atoms with E-state index in [9.17, 15) is 0 Å². The van der Waals surface area contributed by atoms with Crippen molar-refractivity contribution in [3.63, 3.8) is 0 Å². The van der Waals surface area contributed by atoms with Gasteiger partial charge in [-0.1, -0.05) is 0 Å². The van der Waals surface area contributed by atoms with Crippen LogP contribution in [0.4, 0.5) is 0 Å². The summed E-state index contributed by atoms with van der Waals surface area (Å²) in [6.45, 7) is 0. The lowest BCUT2D eigenvalue weighted by Gasteiger charge is -2.08. The predicted molar refractivity (Wildman–Crippen MR) is 92.3 cm³/mol. The maximum atomic E-state index is 8.82. The molecular formula is C20H13N3O. The number of rotatable bonds is 3. The van der Waals surface area contributed by atoms with Crippen molar-refractivity contribution in [2.24, 2.45) is 0 Å². The quantitative estimate of drug-likeness (QED) is 0.551. The monoisotopic (exact) mass is 311 g/mol. The molecule has 4 aromatic rings. The Hall–Kier alpha value is -3.58. The van der Waals surface area contributed by atoms with E-state index >= 15 is 0 Å². The summed E-state index contributed by atoms with van der Waals surface area (Å²) < 4.78 is 7.90. The number of nitriles is 1. The largest absolute Gasteiger partial charge is 0.457 e. The fourth-order valence-corrected chi connectivity index (χ4v) is 2.60. The van der Waals surface area contributed by atoms with Crippen LogP contribution in [0.2, 0.25) is 0 Å². The highest BCUT2D eigenvalue weighted by molar-refractivity contribution is 5.77. The summed E-state index contributed by atoms with van der Waals surface area (Å²) in [4.78, 5) is 4.35. The molecule has 0 aliphatic carbocycles. The van der Waals surface area contributed by atoms with Gasteiger partial charge in [-0.2, -0.15) is 5.26 Å². The molecule has 4 rings (SSSR count). The van der Waals surface area contributed by atoms with Crippen LogP contribution in [0.5, 0.6) is 11.5 Å². The molecule has 0 spiro atoms. The average Bonchev–Trinajstić information content (AvgIpc) is 3.07. The Labute approximate surface area is 139 Å². The summed E-state index contributed by atoms with van der Waals surface area (Å²) in [7, 11) is 0. The zero-order chi connectivity index (χ0) is 16.4. The molecule has 4 nitrogen and oxygen atoms in total.